The van der Waals surface area contributed by atoms with Crippen LogP contribution in [-0.4, -0.2) is 55.0 Å². The van der Waals surface area contributed by atoms with Crippen LogP contribution in [0.4, 0.5) is 4.39 Å². The van der Waals surface area contributed by atoms with Gasteiger partial charge in [0.1, 0.15) is 5.82 Å². The Morgan fingerprint density at radius 2 is 1.70 bits per heavy atom. The fraction of sp³-hybridized carbons (Fsp3) is 0.409. The molecule has 1 amide bonds. The molecule has 1 aliphatic heterocycles. The van der Waals surface area contributed by atoms with E-state index in [9.17, 15) is 9.18 Å². The first-order valence-corrected chi connectivity index (χ1v) is 9.60. The van der Waals surface area contributed by atoms with Gasteiger partial charge in [-0.15, -0.1) is 0 Å². The molecule has 1 aliphatic rings. The van der Waals surface area contributed by atoms with E-state index in [1.54, 1.807) is 19.1 Å². The lowest BCUT2D eigenvalue weighted by molar-refractivity contribution is -0.122. The highest BCUT2D eigenvalue weighted by atomic mass is 19.1. The van der Waals surface area contributed by atoms with Gasteiger partial charge in [-0.25, -0.2) is 4.39 Å². The van der Waals surface area contributed by atoms with Crippen LogP contribution in [0.1, 0.15) is 16.7 Å². The van der Waals surface area contributed by atoms with E-state index >= 15 is 0 Å². The van der Waals surface area contributed by atoms with Gasteiger partial charge in [0.25, 0.3) is 0 Å². The molecule has 0 aromatic heterocycles. The fourth-order valence-corrected chi connectivity index (χ4v) is 3.38. The number of piperazine rings is 1. The Bertz CT molecular complexity index is 742. The number of nitrogens with zero attached hydrogens (tertiary/aromatic N) is 2. The predicted molar refractivity (Wildman–Crippen MR) is 106 cm³/mol. The van der Waals surface area contributed by atoms with Gasteiger partial charge in [-0.05, 0) is 36.1 Å². The van der Waals surface area contributed by atoms with Crippen molar-refractivity contribution in [3.63, 3.8) is 0 Å². The minimum atomic E-state index is -0.213. The lowest BCUT2D eigenvalue weighted by atomic mass is 10.1. The topological polar surface area (TPSA) is 35.6 Å². The maximum absolute atomic E-state index is 13.3. The molecule has 0 aliphatic carbocycles. The van der Waals surface area contributed by atoms with Crippen LogP contribution in [0.15, 0.2) is 48.5 Å². The summed E-state index contributed by atoms with van der Waals surface area (Å²) in [5, 5.41) is 2.93. The third-order valence-electron chi connectivity index (χ3n) is 5.10. The third-order valence-corrected chi connectivity index (χ3v) is 5.10. The molecule has 27 heavy (non-hydrogen) atoms. The molecule has 0 bridgehead atoms. The van der Waals surface area contributed by atoms with Crippen molar-refractivity contribution in [1.82, 2.24) is 15.1 Å². The number of aryl methyl sites for hydroxylation is 1. The number of hydrogen-bond donors (Lipinski definition) is 1. The first kappa shape index (κ1) is 19.5. The monoisotopic (exact) mass is 369 g/mol. The Balaban J connectivity index is 1.34. The summed E-state index contributed by atoms with van der Waals surface area (Å²) >= 11 is 0. The van der Waals surface area contributed by atoms with Crippen LogP contribution in [0.25, 0.3) is 0 Å². The Hall–Kier alpha value is -2.24. The molecule has 4 nitrogen and oxygen atoms in total. The summed E-state index contributed by atoms with van der Waals surface area (Å²) in [6.45, 7) is 7.49. The first-order chi connectivity index (χ1) is 13.1. The van der Waals surface area contributed by atoms with Crippen molar-refractivity contribution >= 4 is 5.91 Å². The predicted octanol–water partition coefficient (Wildman–Crippen LogP) is 2.61. The van der Waals surface area contributed by atoms with E-state index in [-0.39, 0.29) is 11.7 Å². The minimum absolute atomic E-state index is 0.0229. The largest absolute Gasteiger partial charge is 0.351 e. The van der Waals surface area contributed by atoms with E-state index in [2.05, 4.69) is 39.4 Å². The molecule has 0 spiro atoms. The molecule has 0 saturated carbocycles. The van der Waals surface area contributed by atoms with Crippen molar-refractivity contribution < 1.29 is 9.18 Å². The lowest BCUT2D eigenvalue weighted by Crippen LogP contribution is -2.49. The number of halogens is 1. The van der Waals surface area contributed by atoms with Crippen molar-refractivity contribution in [2.75, 3.05) is 39.3 Å². The molecule has 1 N–H and O–H groups in total. The van der Waals surface area contributed by atoms with Gasteiger partial charge >= 0.3 is 0 Å². The van der Waals surface area contributed by atoms with Crippen molar-refractivity contribution in [2.45, 2.75) is 19.9 Å². The Morgan fingerprint density at radius 3 is 2.41 bits per heavy atom. The normalized spacial score (nSPS) is 15.6. The zero-order valence-electron chi connectivity index (χ0n) is 16.0. The molecule has 0 unspecified atom stereocenters. The molecule has 5 heteroatoms. The second kappa shape index (κ2) is 9.62. The van der Waals surface area contributed by atoms with Crippen molar-refractivity contribution in [2.24, 2.45) is 0 Å². The molecule has 144 valence electrons. The minimum Gasteiger partial charge on any atom is -0.351 e. The van der Waals surface area contributed by atoms with Crippen molar-refractivity contribution in [3.8, 4) is 0 Å². The standard InChI is InChI=1S/C22H28FN3O/c1-18-15-20(7-8-21(18)23)16-24-22(27)17-26-13-11-25(12-14-26)10-9-19-5-3-2-4-6-19/h2-8,15H,9-14,16-17H2,1H3,(H,24,27). The summed E-state index contributed by atoms with van der Waals surface area (Å²) in [6.07, 6.45) is 1.07. The van der Waals surface area contributed by atoms with Gasteiger partial charge < -0.3 is 10.2 Å². The molecule has 2 aromatic rings. The summed E-state index contributed by atoms with van der Waals surface area (Å²) < 4.78 is 13.3. The molecule has 0 atom stereocenters. The summed E-state index contributed by atoms with van der Waals surface area (Å²) in [6, 6.07) is 15.5. The number of amides is 1. The maximum Gasteiger partial charge on any atom is 0.234 e. The van der Waals surface area contributed by atoms with Crippen LogP contribution in [0, 0.1) is 12.7 Å². The fourth-order valence-electron chi connectivity index (χ4n) is 3.38. The van der Waals surface area contributed by atoms with Gasteiger partial charge in [-0.3, -0.25) is 9.69 Å². The van der Waals surface area contributed by atoms with Crippen molar-refractivity contribution in [3.05, 3.63) is 71.0 Å². The summed E-state index contributed by atoms with van der Waals surface area (Å²) in [7, 11) is 0. The summed E-state index contributed by atoms with van der Waals surface area (Å²) in [4.78, 5) is 16.8. The van der Waals surface area contributed by atoms with E-state index < -0.39 is 0 Å². The molecular formula is C22H28FN3O. The van der Waals surface area contributed by atoms with E-state index in [0.29, 0.717) is 18.7 Å². The van der Waals surface area contributed by atoms with Gasteiger partial charge in [0.15, 0.2) is 0 Å². The second-order valence-corrected chi connectivity index (χ2v) is 7.21. The average molecular weight is 369 g/mol. The van der Waals surface area contributed by atoms with E-state index in [1.807, 2.05) is 6.07 Å². The number of hydrogen-bond acceptors (Lipinski definition) is 3. The van der Waals surface area contributed by atoms with Crippen LogP contribution in [0.2, 0.25) is 0 Å². The van der Waals surface area contributed by atoms with Crippen molar-refractivity contribution in [1.29, 1.82) is 0 Å². The highest BCUT2D eigenvalue weighted by Gasteiger charge is 2.18. The van der Waals surface area contributed by atoms with E-state index in [0.717, 1.165) is 44.7 Å². The maximum atomic E-state index is 13.3. The summed E-state index contributed by atoms with van der Waals surface area (Å²) in [5.74, 6) is -0.190. The highest BCUT2D eigenvalue weighted by molar-refractivity contribution is 5.78. The van der Waals surface area contributed by atoms with Gasteiger partial charge in [0, 0.05) is 39.3 Å². The third kappa shape index (κ3) is 6.15. The van der Waals surface area contributed by atoms with Crippen LogP contribution in [-0.2, 0) is 17.8 Å². The van der Waals surface area contributed by atoms with Crippen LogP contribution < -0.4 is 5.32 Å². The number of nitrogens with one attached hydrogen (secondary N) is 1. The van der Waals surface area contributed by atoms with Crippen LogP contribution >= 0.6 is 0 Å². The van der Waals surface area contributed by atoms with Gasteiger partial charge in [0.2, 0.25) is 5.91 Å². The van der Waals surface area contributed by atoms with Gasteiger partial charge in [0.05, 0.1) is 6.54 Å². The highest BCUT2D eigenvalue weighted by Crippen LogP contribution is 2.09. The lowest BCUT2D eigenvalue weighted by Gasteiger charge is -2.34. The number of benzene rings is 2. The smallest absolute Gasteiger partial charge is 0.234 e. The first-order valence-electron chi connectivity index (χ1n) is 9.60. The van der Waals surface area contributed by atoms with Crippen LogP contribution in [0.3, 0.4) is 0 Å². The van der Waals surface area contributed by atoms with E-state index in [4.69, 9.17) is 0 Å². The summed E-state index contributed by atoms with van der Waals surface area (Å²) in [5.41, 5.74) is 2.90. The molecular weight excluding hydrogens is 341 g/mol. The molecule has 0 radical (unpaired) electrons. The van der Waals surface area contributed by atoms with Gasteiger partial charge in [-0.2, -0.15) is 0 Å². The quantitative estimate of drug-likeness (QED) is 0.815. The van der Waals surface area contributed by atoms with Crippen LogP contribution in [0.5, 0.6) is 0 Å². The zero-order valence-corrected chi connectivity index (χ0v) is 16.0. The number of rotatable bonds is 7. The van der Waals surface area contributed by atoms with Gasteiger partial charge in [-0.1, -0.05) is 42.5 Å². The zero-order chi connectivity index (χ0) is 19.1. The second-order valence-electron chi connectivity index (χ2n) is 7.21. The molecule has 3 rings (SSSR count). The SMILES string of the molecule is Cc1cc(CNC(=O)CN2CCN(CCc3ccccc3)CC2)ccc1F. The number of carbonyl (C=O) groups excluding carboxylic acids is 1. The Morgan fingerprint density at radius 1 is 1.00 bits per heavy atom. The number of carbonyl (C=O) groups is 1. The van der Waals surface area contributed by atoms with E-state index in [1.165, 1.54) is 11.6 Å². The molecule has 1 fully saturated rings. The Labute approximate surface area is 161 Å². The molecule has 1 heterocycles. The molecule has 1 saturated heterocycles. The average Bonchev–Trinajstić information content (AvgIpc) is 2.69. The molecule has 2 aromatic carbocycles. The Kier molecular flexibility index (Phi) is 6.96.